The van der Waals surface area contributed by atoms with E-state index < -0.39 is 0 Å². The highest BCUT2D eigenvalue weighted by Crippen LogP contribution is 2.34. The first kappa shape index (κ1) is 25.9. The molecule has 0 saturated carbocycles. The Morgan fingerprint density at radius 2 is 1.73 bits per heavy atom. The summed E-state index contributed by atoms with van der Waals surface area (Å²) >= 11 is 6.09. The van der Waals surface area contributed by atoms with E-state index in [1.54, 1.807) is 12.1 Å². The number of anilines is 3. The van der Waals surface area contributed by atoms with E-state index in [2.05, 4.69) is 15.1 Å². The molecule has 2 fully saturated rings. The first-order chi connectivity index (χ1) is 18.0. The third-order valence-corrected chi connectivity index (χ3v) is 7.92. The predicted octanol–water partition coefficient (Wildman–Crippen LogP) is 6.05. The number of piperidine rings is 2. The molecule has 37 heavy (non-hydrogen) atoms. The molecule has 6 nitrogen and oxygen atoms in total. The molecule has 1 unspecified atom stereocenters. The van der Waals surface area contributed by atoms with E-state index in [4.69, 9.17) is 21.6 Å². The van der Waals surface area contributed by atoms with Crippen LogP contribution in [0.1, 0.15) is 37.8 Å². The number of hydrogen-bond acceptors (Lipinski definition) is 6. The van der Waals surface area contributed by atoms with Crippen LogP contribution in [0, 0.1) is 18.7 Å². The Labute approximate surface area is 223 Å². The molecule has 1 atom stereocenters. The summed E-state index contributed by atoms with van der Waals surface area (Å²) in [5, 5.41) is 13.5. The van der Waals surface area contributed by atoms with Crippen LogP contribution in [0.15, 0.2) is 48.5 Å². The van der Waals surface area contributed by atoms with Crippen molar-refractivity contribution >= 4 is 29.1 Å². The Bertz CT molecular complexity index is 1180. The van der Waals surface area contributed by atoms with Gasteiger partial charge in [-0.25, -0.2) is 9.37 Å². The summed E-state index contributed by atoms with van der Waals surface area (Å²) in [6.45, 7) is 6.34. The molecular weight excluding hydrogens is 489 g/mol. The summed E-state index contributed by atoms with van der Waals surface area (Å²) in [4.78, 5) is 14.8. The molecular formula is C29H35ClFN5O. The first-order valence-corrected chi connectivity index (χ1v) is 13.6. The number of nitrogens with zero attached hydrogens (tertiary/aromatic N) is 4. The molecule has 2 aliphatic heterocycles. The highest BCUT2D eigenvalue weighted by molar-refractivity contribution is 6.30. The lowest BCUT2D eigenvalue weighted by Gasteiger charge is -2.42. The summed E-state index contributed by atoms with van der Waals surface area (Å²) in [7, 11) is 0. The van der Waals surface area contributed by atoms with Crippen LogP contribution in [0.3, 0.4) is 0 Å². The lowest BCUT2D eigenvalue weighted by atomic mass is 9.92. The van der Waals surface area contributed by atoms with E-state index in [1.165, 1.54) is 25.0 Å². The molecule has 2 aliphatic rings. The van der Waals surface area contributed by atoms with Crippen molar-refractivity contribution in [1.82, 2.24) is 14.9 Å². The molecule has 0 amide bonds. The van der Waals surface area contributed by atoms with Gasteiger partial charge in [0.15, 0.2) is 0 Å². The average Bonchev–Trinajstić information content (AvgIpc) is 2.91. The number of aliphatic hydroxyl groups is 1. The van der Waals surface area contributed by atoms with E-state index in [0.717, 1.165) is 73.9 Å². The zero-order valence-electron chi connectivity index (χ0n) is 21.3. The van der Waals surface area contributed by atoms with Crippen LogP contribution in [0.5, 0.6) is 0 Å². The Morgan fingerprint density at radius 1 is 1.00 bits per heavy atom. The summed E-state index contributed by atoms with van der Waals surface area (Å²) in [6, 6.07) is 14.5. The molecule has 1 aromatic heterocycles. The number of aliphatic hydroxyl groups excluding tert-OH is 1. The number of hydrogen-bond donors (Lipinski definition) is 2. The monoisotopic (exact) mass is 523 g/mol. The van der Waals surface area contributed by atoms with Crippen LogP contribution >= 0.6 is 11.6 Å². The van der Waals surface area contributed by atoms with E-state index in [0.29, 0.717) is 22.8 Å². The molecule has 2 N–H and O–H groups in total. The minimum Gasteiger partial charge on any atom is -0.396 e. The van der Waals surface area contributed by atoms with E-state index in [-0.39, 0.29) is 12.4 Å². The Kier molecular flexibility index (Phi) is 8.23. The van der Waals surface area contributed by atoms with Crippen molar-refractivity contribution in [1.29, 1.82) is 0 Å². The number of benzene rings is 2. The van der Waals surface area contributed by atoms with Crippen molar-refractivity contribution in [3.05, 3.63) is 65.1 Å². The molecule has 5 rings (SSSR count). The van der Waals surface area contributed by atoms with Gasteiger partial charge in [-0.2, -0.15) is 4.98 Å². The van der Waals surface area contributed by atoms with E-state index in [9.17, 15) is 9.50 Å². The number of aryl methyl sites for hydroxylation is 1. The average molecular weight is 524 g/mol. The summed E-state index contributed by atoms with van der Waals surface area (Å²) in [5.74, 6) is 1.75. The third kappa shape index (κ3) is 6.22. The van der Waals surface area contributed by atoms with Crippen LogP contribution in [0.25, 0.3) is 11.1 Å². The lowest BCUT2D eigenvalue weighted by Crippen LogP contribution is -2.49. The molecule has 0 radical (unpaired) electrons. The van der Waals surface area contributed by atoms with Crippen LogP contribution < -0.4 is 10.2 Å². The number of rotatable bonds is 7. The molecule has 196 valence electrons. The number of likely N-dealkylation sites (tertiary alicyclic amines) is 1. The highest BCUT2D eigenvalue weighted by atomic mass is 35.5. The van der Waals surface area contributed by atoms with Crippen molar-refractivity contribution in [3.8, 4) is 11.1 Å². The zero-order valence-corrected chi connectivity index (χ0v) is 22.1. The molecule has 0 spiro atoms. The second-order valence-corrected chi connectivity index (χ2v) is 10.6. The van der Waals surface area contributed by atoms with Crippen molar-refractivity contribution in [3.63, 3.8) is 0 Å². The number of aromatic nitrogens is 2. The molecule has 8 heteroatoms. The topological polar surface area (TPSA) is 64.5 Å². The van der Waals surface area contributed by atoms with Crippen LogP contribution in [0.4, 0.5) is 21.8 Å². The van der Waals surface area contributed by atoms with Crippen LogP contribution in [-0.2, 0) is 0 Å². The van der Waals surface area contributed by atoms with Crippen molar-refractivity contribution in [2.24, 2.45) is 5.92 Å². The summed E-state index contributed by atoms with van der Waals surface area (Å²) < 4.78 is 13.6. The Morgan fingerprint density at radius 3 is 2.43 bits per heavy atom. The maximum Gasteiger partial charge on any atom is 0.227 e. The number of nitrogens with one attached hydrogen (secondary N) is 1. The van der Waals surface area contributed by atoms with Gasteiger partial charge in [0.1, 0.15) is 11.6 Å². The van der Waals surface area contributed by atoms with Gasteiger partial charge >= 0.3 is 0 Å². The minimum absolute atomic E-state index is 0.273. The van der Waals surface area contributed by atoms with Gasteiger partial charge in [-0.05, 0) is 93.5 Å². The zero-order chi connectivity index (χ0) is 25.8. The SMILES string of the molecule is Cc1nc(N2CCC(N3CCCC(CCO)C3)CC2)nc(Nc2ccc(Cl)cc2)c1-c1ccc(F)cc1. The van der Waals surface area contributed by atoms with Gasteiger partial charge in [-0.15, -0.1) is 0 Å². The second-order valence-electron chi connectivity index (χ2n) is 10.2. The van der Waals surface area contributed by atoms with Gasteiger partial charge < -0.3 is 15.3 Å². The summed E-state index contributed by atoms with van der Waals surface area (Å²) in [6.07, 6.45) is 5.51. The lowest BCUT2D eigenvalue weighted by molar-refractivity contribution is 0.0942. The summed E-state index contributed by atoms with van der Waals surface area (Å²) in [5.41, 5.74) is 3.44. The Hall–Kier alpha value is -2.74. The third-order valence-electron chi connectivity index (χ3n) is 7.67. The van der Waals surface area contributed by atoms with Gasteiger partial charge in [0.25, 0.3) is 0 Å². The molecule has 0 aliphatic carbocycles. The fourth-order valence-electron chi connectivity index (χ4n) is 5.70. The highest BCUT2D eigenvalue weighted by Gasteiger charge is 2.30. The van der Waals surface area contributed by atoms with E-state index in [1.807, 2.05) is 31.2 Å². The molecule has 2 aromatic carbocycles. The second kappa shape index (κ2) is 11.8. The molecule has 3 aromatic rings. The Balaban J connectivity index is 1.37. The fourth-order valence-corrected chi connectivity index (χ4v) is 5.83. The van der Waals surface area contributed by atoms with Gasteiger partial charge in [0.2, 0.25) is 5.95 Å². The van der Waals surface area contributed by atoms with Gasteiger partial charge in [-0.1, -0.05) is 23.7 Å². The molecule has 3 heterocycles. The predicted molar refractivity (Wildman–Crippen MR) is 148 cm³/mol. The van der Waals surface area contributed by atoms with Crippen molar-refractivity contribution in [2.45, 2.75) is 45.1 Å². The standard InChI is InChI=1S/C29H35ClFN5O/c1-20-27(22-4-8-24(31)9-5-22)28(33-25-10-6-23(30)7-11-25)34-29(32-20)35-16-12-26(13-17-35)36-15-2-3-21(19-36)14-18-37/h4-11,21,26,37H,2-3,12-19H2,1H3,(H,32,33,34). The van der Waals surface area contributed by atoms with Gasteiger partial charge in [0.05, 0.1) is 5.69 Å². The van der Waals surface area contributed by atoms with Crippen LogP contribution in [0.2, 0.25) is 5.02 Å². The molecule has 0 bridgehead atoms. The minimum atomic E-state index is -0.273. The maximum absolute atomic E-state index is 13.6. The number of halogens is 2. The fraction of sp³-hybridized carbons (Fsp3) is 0.448. The smallest absolute Gasteiger partial charge is 0.227 e. The quantitative estimate of drug-likeness (QED) is 0.393. The maximum atomic E-state index is 13.6. The molecule has 2 saturated heterocycles. The van der Waals surface area contributed by atoms with Crippen molar-refractivity contribution in [2.75, 3.05) is 43.0 Å². The first-order valence-electron chi connectivity index (χ1n) is 13.3. The van der Waals surface area contributed by atoms with Gasteiger partial charge in [0, 0.05) is 48.6 Å². The largest absolute Gasteiger partial charge is 0.396 e. The van der Waals surface area contributed by atoms with Crippen molar-refractivity contribution < 1.29 is 9.50 Å². The van der Waals surface area contributed by atoms with E-state index >= 15 is 0 Å². The van der Waals surface area contributed by atoms with Crippen LogP contribution in [-0.4, -0.2) is 58.8 Å². The van der Waals surface area contributed by atoms with Gasteiger partial charge in [-0.3, -0.25) is 4.90 Å². The normalized spacial score (nSPS) is 19.2.